The van der Waals surface area contributed by atoms with Crippen LogP contribution in [0.15, 0.2) is 0 Å². The lowest BCUT2D eigenvalue weighted by Crippen LogP contribution is -2.32. The van der Waals surface area contributed by atoms with Gasteiger partial charge in [0.15, 0.2) is 0 Å². The molecular formula is C10H19NO3. The molecule has 0 spiro atoms. The van der Waals surface area contributed by atoms with Crippen molar-refractivity contribution in [3.05, 3.63) is 0 Å². The van der Waals surface area contributed by atoms with Crippen LogP contribution in [0.2, 0.25) is 0 Å². The van der Waals surface area contributed by atoms with Gasteiger partial charge in [-0.2, -0.15) is 0 Å². The summed E-state index contributed by atoms with van der Waals surface area (Å²) >= 11 is 0. The molecular weight excluding hydrogens is 182 g/mol. The molecule has 2 fully saturated rings. The van der Waals surface area contributed by atoms with Gasteiger partial charge in [-0.05, 0) is 19.3 Å². The fourth-order valence-electron chi connectivity index (χ4n) is 1.98. The van der Waals surface area contributed by atoms with E-state index in [1.54, 1.807) is 0 Å². The maximum Gasteiger partial charge on any atom is 0.0971 e. The number of hydrogen-bond donors (Lipinski definition) is 2. The van der Waals surface area contributed by atoms with Crippen LogP contribution < -0.4 is 5.32 Å². The Balaban J connectivity index is 1.65. The topological polar surface area (TPSA) is 50.7 Å². The van der Waals surface area contributed by atoms with Crippen LogP contribution in [0, 0.1) is 0 Å². The van der Waals surface area contributed by atoms with Crippen molar-refractivity contribution >= 4 is 0 Å². The Morgan fingerprint density at radius 3 is 2.93 bits per heavy atom. The molecule has 0 bridgehead atoms. The molecule has 2 aliphatic rings. The highest BCUT2D eigenvalue weighted by atomic mass is 16.5. The molecule has 2 aliphatic heterocycles. The maximum atomic E-state index is 9.49. The smallest absolute Gasteiger partial charge is 0.0971 e. The maximum absolute atomic E-state index is 9.49. The molecule has 14 heavy (non-hydrogen) atoms. The van der Waals surface area contributed by atoms with E-state index >= 15 is 0 Å². The normalized spacial score (nSPS) is 38.8. The second kappa shape index (κ2) is 5.07. The Kier molecular flexibility index (Phi) is 3.75. The van der Waals surface area contributed by atoms with Crippen LogP contribution in [-0.4, -0.2) is 49.7 Å². The zero-order valence-corrected chi connectivity index (χ0v) is 8.45. The molecule has 82 valence electrons. The molecule has 0 aromatic rings. The second-order valence-corrected chi connectivity index (χ2v) is 4.09. The van der Waals surface area contributed by atoms with Crippen LogP contribution in [0.1, 0.15) is 19.3 Å². The van der Waals surface area contributed by atoms with Crippen LogP contribution in [0.25, 0.3) is 0 Å². The van der Waals surface area contributed by atoms with E-state index in [0.717, 1.165) is 19.6 Å². The molecule has 0 saturated carbocycles. The SMILES string of the molecule is OC1CNCC1OCC1CCCCO1. The molecule has 2 N–H and O–H groups in total. The third-order valence-electron chi connectivity index (χ3n) is 2.90. The molecule has 0 amide bonds. The van der Waals surface area contributed by atoms with Crippen LogP contribution in [0.5, 0.6) is 0 Å². The predicted octanol–water partition coefficient (Wildman–Crippen LogP) is -0.0952. The fourth-order valence-corrected chi connectivity index (χ4v) is 1.98. The average molecular weight is 201 g/mol. The Bertz CT molecular complexity index is 171. The summed E-state index contributed by atoms with van der Waals surface area (Å²) in [5.41, 5.74) is 0. The molecule has 4 nitrogen and oxygen atoms in total. The summed E-state index contributed by atoms with van der Waals surface area (Å²) in [6.07, 6.45) is 3.36. The molecule has 2 saturated heterocycles. The van der Waals surface area contributed by atoms with Crippen molar-refractivity contribution in [1.29, 1.82) is 0 Å². The number of rotatable bonds is 3. The Morgan fingerprint density at radius 1 is 1.36 bits per heavy atom. The van der Waals surface area contributed by atoms with Crippen LogP contribution in [0.4, 0.5) is 0 Å². The Labute approximate surface area is 84.6 Å². The van der Waals surface area contributed by atoms with Gasteiger partial charge in [0, 0.05) is 19.7 Å². The van der Waals surface area contributed by atoms with E-state index in [-0.39, 0.29) is 18.3 Å². The van der Waals surface area contributed by atoms with Crippen molar-refractivity contribution in [2.24, 2.45) is 0 Å². The second-order valence-electron chi connectivity index (χ2n) is 4.09. The van der Waals surface area contributed by atoms with E-state index in [1.807, 2.05) is 0 Å². The van der Waals surface area contributed by atoms with Crippen molar-refractivity contribution in [3.63, 3.8) is 0 Å². The molecule has 3 atom stereocenters. The first kappa shape index (κ1) is 10.4. The summed E-state index contributed by atoms with van der Waals surface area (Å²) < 4.78 is 11.2. The highest BCUT2D eigenvalue weighted by molar-refractivity contribution is 4.81. The van der Waals surface area contributed by atoms with Crippen molar-refractivity contribution < 1.29 is 14.6 Å². The quantitative estimate of drug-likeness (QED) is 0.670. The van der Waals surface area contributed by atoms with E-state index in [2.05, 4.69) is 5.32 Å². The number of nitrogens with one attached hydrogen (secondary N) is 1. The number of β-amino-alcohol motifs (C(OH)–C–C–N with tert-alkyl or cyclic N) is 1. The summed E-state index contributed by atoms with van der Waals surface area (Å²) in [6, 6.07) is 0. The first-order valence-corrected chi connectivity index (χ1v) is 5.48. The molecule has 0 aliphatic carbocycles. The van der Waals surface area contributed by atoms with Crippen LogP contribution >= 0.6 is 0 Å². The van der Waals surface area contributed by atoms with E-state index in [1.165, 1.54) is 12.8 Å². The van der Waals surface area contributed by atoms with Gasteiger partial charge in [-0.15, -0.1) is 0 Å². The van der Waals surface area contributed by atoms with Gasteiger partial charge >= 0.3 is 0 Å². The molecule has 0 aromatic heterocycles. The molecule has 0 aromatic carbocycles. The summed E-state index contributed by atoms with van der Waals surface area (Å²) in [7, 11) is 0. The zero-order valence-electron chi connectivity index (χ0n) is 8.45. The highest BCUT2D eigenvalue weighted by Crippen LogP contribution is 2.14. The minimum absolute atomic E-state index is 0.0412. The van der Waals surface area contributed by atoms with Gasteiger partial charge < -0.3 is 19.9 Å². The zero-order chi connectivity index (χ0) is 9.80. The minimum Gasteiger partial charge on any atom is -0.389 e. The average Bonchev–Trinajstić information content (AvgIpc) is 2.63. The lowest BCUT2D eigenvalue weighted by molar-refractivity contribution is -0.0797. The first-order chi connectivity index (χ1) is 6.86. The lowest BCUT2D eigenvalue weighted by atomic mass is 10.1. The molecule has 0 radical (unpaired) electrons. The number of aliphatic hydroxyl groups excluding tert-OH is 1. The van der Waals surface area contributed by atoms with Gasteiger partial charge in [0.25, 0.3) is 0 Å². The van der Waals surface area contributed by atoms with Crippen LogP contribution in [0.3, 0.4) is 0 Å². The van der Waals surface area contributed by atoms with Crippen molar-refractivity contribution in [2.45, 2.75) is 37.6 Å². The third kappa shape index (κ3) is 2.67. The molecule has 3 unspecified atom stereocenters. The van der Waals surface area contributed by atoms with E-state index < -0.39 is 0 Å². The van der Waals surface area contributed by atoms with Crippen LogP contribution in [-0.2, 0) is 9.47 Å². The monoisotopic (exact) mass is 201 g/mol. The fraction of sp³-hybridized carbons (Fsp3) is 1.00. The molecule has 2 rings (SSSR count). The number of ether oxygens (including phenoxy) is 2. The van der Waals surface area contributed by atoms with Crippen molar-refractivity contribution in [3.8, 4) is 0 Å². The van der Waals surface area contributed by atoms with Gasteiger partial charge in [-0.1, -0.05) is 0 Å². The van der Waals surface area contributed by atoms with Gasteiger partial charge in [-0.3, -0.25) is 0 Å². The van der Waals surface area contributed by atoms with Gasteiger partial charge in [-0.25, -0.2) is 0 Å². The van der Waals surface area contributed by atoms with Gasteiger partial charge in [0.1, 0.15) is 0 Å². The van der Waals surface area contributed by atoms with Gasteiger partial charge in [0.2, 0.25) is 0 Å². The van der Waals surface area contributed by atoms with Crippen molar-refractivity contribution in [1.82, 2.24) is 5.32 Å². The summed E-state index contributed by atoms with van der Waals surface area (Å²) in [6.45, 7) is 2.90. The highest BCUT2D eigenvalue weighted by Gasteiger charge is 2.26. The summed E-state index contributed by atoms with van der Waals surface area (Å²) in [5, 5.41) is 12.6. The summed E-state index contributed by atoms with van der Waals surface area (Å²) in [4.78, 5) is 0. The standard InChI is InChI=1S/C10H19NO3/c12-9-5-11-6-10(9)14-7-8-3-1-2-4-13-8/h8-12H,1-7H2. The number of aliphatic hydroxyl groups is 1. The minimum atomic E-state index is -0.349. The number of hydrogen-bond acceptors (Lipinski definition) is 4. The third-order valence-corrected chi connectivity index (χ3v) is 2.90. The molecule has 2 heterocycles. The Hall–Kier alpha value is -0.160. The van der Waals surface area contributed by atoms with Crippen molar-refractivity contribution in [2.75, 3.05) is 26.3 Å². The van der Waals surface area contributed by atoms with E-state index in [0.29, 0.717) is 13.2 Å². The summed E-state index contributed by atoms with van der Waals surface area (Å²) in [5.74, 6) is 0. The van der Waals surface area contributed by atoms with E-state index in [4.69, 9.17) is 9.47 Å². The van der Waals surface area contributed by atoms with E-state index in [9.17, 15) is 5.11 Å². The Morgan fingerprint density at radius 2 is 2.29 bits per heavy atom. The van der Waals surface area contributed by atoms with Gasteiger partial charge in [0.05, 0.1) is 24.9 Å². The molecule has 4 heteroatoms. The largest absolute Gasteiger partial charge is 0.389 e. The predicted molar refractivity (Wildman–Crippen MR) is 52.2 cm³/mol. The lowest BCUT2D eigenvalue weighted by Gasteiger charge is -2.24. The first-order valence-electron chi connectivity index (χ1n) is 5.48.